The minimum atomic E-state index is 0.111. The Bertz CT molecular complexity index is 581. The van der Waals surface area contributed by atoms with Gasteiger partial charge in [-0.05, 0) is 24.1 Å². The number of aromatic nitrogens is 2. The summed E-state index contributed by atoms with van der Waals surface area (Å²) >= 11 is 1.91. The van der Waals surface area contributed by atoms with Gasteiger partial charge >= 0.3 is 0 Å². The summed E-state index contributed by atoms with van der Waals surface area (Å²) in [7, 11) is 0. The molecule has 2 atom stereocenters. The molecule has 106 valence electrons. The minimum Gasteiger partial charge on any atom is -0.271 e. The molecular formula is C15H20N4S. The fraction of sp³-hybridized carbons (Fsp3) is 0.400. The Morgan fingerprint density at radius 3 is 3.10 bits per heavy atom. The molecule has 1 aliphatic rings. The number of benzene rings is 1. The lowest BCUT2D eigenvalue weighted by Crippen LogP contribution is -2.34. The van der Waals surface area contributed by atoms with Crippen molar-refractivity contribution in [2.75, 3.05) is 5.75 Å². The molecule has 5 heteroatoms. The van der Waals surface area contributed by atoms with E-state index < -0.39 is 0 Å². The van der Waals surface area contributed by atoms with Gasteiger partial charge in [0.05, 0.1) is 11.7 Å². The van der Waals surface area contributed by atoms with Crippen LogP contribution < -0.4 is 11.3 Å². The summed E-state index contributed by atoms with van der Waals surface area (Å²) in [5.41, 5.74) is 5.58. The summed E-state index contributed by atoms with van der Waals surface area (Å²) in [5.74, 6) is 7.32. The number of fused-ring (bicyclic) bond motifs is 1. The fourth-order valence-electron chi connectivity index (χ4n) is 2.88. The number of hydrazine groups is 1. The smallest absolute Gasteiger partial charge is 0.0705 e. The van der Waals surface area contributed by atoms with Crippen molar-refractivity contribution >= 4 is 11.8 Å². The van der Waals surface area contributed by atoms with Gasteiger partial charge in [0.1, 0.15) is 0 Å². The summed E-state index contributed by atoms with van der Waals surface area (Å²) in [6, 6.07) is 10.8. The Balaban J connectivity index is 1.93. The molecule has 1 aromatic carbocycles. The molecule has 3 rings (SSSR count). The van der Waals surface area contributed by atoms with Gasteiger partial charge in [0.2, 0.25) is 0 Å². The summed E-state index contributed by atoms with van der Waals surface area (Å²) < 4.78 is 2.07. The number of hydrogen-bond acceptors (Lipinski definition) is 4. The monoisotopic (exact) mass is 288 g/mol. The molecule has 1 aliphatic heterocycles. The number of aryl methyl sites for hydroxylation is 1. The molecule has 0 spiro atoms. The van der Waals surface area contributed by atoms with E-state index in [9.17, 15) is 0 Å². The third-order valence-electron chi connectivity index (χ3n) is 3.82. The summed E-state index contributed by atoms with van der Waals surface area (Å²) in [4.78, 5) is 1.37. The van der Waals surface area contributed by atoms with Gasteiger partial charge in [0, 0.05) is 29.3 Å². The lowest BCUT2D eigenvalue weighted by molar-refractivity contribution is 0.436. The Morgan fingerprint density at radius 1 is 1.45 bits per heavy atom. The van der Waals surface area contributed by atoms with E-state index in [1.165, 1.54) is 16.2 Å². The molecule has 0 saturated heterocycles. The SMILES string of the molecule is CCCn1nccc1C(NN)C1CSc2ccccc21. The second-order valence-corrected chi connectivity index (χ2v) is 6.14. The van der Waals surface area contributed by atoms with Crippen molar-refractivity contribution in [2.24, 2.45) is 5.84 Å². The summed E-state index contributed by atoms with van der Waals surface area (Å²) in [6.45, 7) is 3.10. The summed E-state index contributed by atoms with van der Waals surface area (Å²) in [5, 5.41) is 4.42. The average molecular weight is 288 g/mol. The van der Waals surface area contributed by atoms with Gasteiger partial charge in [0.25, 0.3) is 0 Å². The molecule has 0 radical (unpaired) electrons. The van der Waals surface area contributed by atoms with Crippen molar-refractivity contribution in [3.05, 3.63) is 47.8 Å². The molecule has 4 nitrogen and oxygen atoms in total. The van der Waals surface area contributed by atoms with Crippen LogP contribution in [-0.2, 0) is 6.54 Å². The highest BCUT2D eigenvalue weighted by molar-refractivity contribution is 7.99. The number of rotatable bonds is 5. The van der Waals surface area contributed by atoms with E-state index >= 15 is 0 Å². The van der Waals surface area contributed by atoms with E-state index in [0.29, 0.717) is 5.92 Å². The topological polar surface area (TPSA) is 55.9 Å². The van der Waals surface area contributed by atoms with Crippen LogP contribution in [0.5, 0.6) is 0 Å². The Kier molecular flexibility index (Phi) is 4.10. The quantitative estimate of drug-likeness (QED) is 0.656. The van der Waals surface area contributed by atoms with Gasteiger partial charge in [-0.25, -0.2) is 0 Å². The normalized spacial score (nSPS) is 19.0. The largest absolute Gasteiger partial charge is 0.271 e. The minimum absolute atomic E-state index is 0.111. The molecule has 3 N–H and O–H groups in total. The third-order valence-corrected chi connectivity index (χ3v) is 5.03. The predicted octanol–water partition coefficient (Wildman–Crippen LogP) is 2.69. The Hall–Kier alpha value is -1.30. The molecule has 2 aromatic rings. The zero-order valence-electron chi connectivity index (χ0n) is 11.6. The van der Waals surface area contributed by atoms with Gasteiger partial charge in [-0.3, -0.25) is 16.0 Å². The lowest BCUT2D eigenvalue weighted by atomic mass is 9.91. The van der Waals surface area contributed by atoms with E-state index in [1.807, 2.05) is 18.0 Å². The van der Waals surface area contributed by atoms with E-state index in [1.54, 1.807) is 0 Å². The maximum Gasteiger partial charge on any atom is 0.0705 e. The van der Waals surface area contributed by atoms with Crippen LogP contribution in [0.25, 0.3) is 0 Å². The van der Waals surface area contributed by atoms with Crippen molar-refractivity contribution in [3.8, 4) is 0 Å². The highest BCUT2D eigenvalue weighted by Gasteiger charge is 2.32. The zero-order chi connectivity index (χ0) is 13.9. The lowest BCUT2D eigenvalue weighted by Gasteiger charge is -2.24. The highest BCUT2D eigenvalue weighted by Crippen LogP contribution is 2.45. The third kappa shape index (κ3) is 2.37. The number of nitrogens with one attached hydrogen (secondary N) is 1. The van der Waals surface area contributed by atoms with Crippen LogP contribution in [0.2, 0.25) is 0 Å². The van der Waals surface area contributed by atoms with Crippen molar-refractivity contribution < 1.29 is 0 Å². The van der Waals surface area contributed by atoms with Crippen LogP contribution in [0.4, 0.5) is 0 Å². The van der Waals surface area contributed by atoms with Crippen LogP contribution in [-0.4, -0.2) is 15.5 Å². The fourth-order valence-corrected chi connectivity index (χ4v) is 4.17. The molecule has 0 saturated carbocycles. The molecule has 0 bridgehead atoms. The molecular weight excluding hydrogens is 268 g/mol. The Labute approximate surface area is 123 Å². The number of hydrogen-bond donors (Lipinski definition) is 2. The van der Waals surface area contributed by atoms with Crippen LogP contribution in [0.15, 0.2) is 41.4 Å². The van der Waals surface area contributed by atoms with Crippen molar-refractivity contribution in [2.45, 2.75) is 36.7 Å². The molecule has 2 unspecified atom stereocenters. The van der Waals surface area contributed by atoms with Crippen LogP contribution in [0.3, 0.4) is 0 Å². The first-order valence-electron chi connectivity index (χ1n) is 7.04. The van der Waals surface area contributed by atoms with E-state index in [2.05, 4.69) is 52.5 Å². The average Bonchev–Trinajstić information content (AvgIpc) is 3.09. The first-order valence-corrected chi connectivity index (χ1v) is 8.03. The molecule has 0 fully saturated rings. The number of nitrogens with two attached hydrogens (primary N) is 1. The van der Waals surface area contributed by atoms with Gasteiger partial charge in [-0.2, -0.15) is 5.10 Å². The standard InChI is InChI=1S/C15H20N4S/c1-2-9-19-13(7-8-17-19)15(18-16)12-10-20-14-6-4-3-5-11(12)14/h3-8,12,15,18H,2,9-10,16H2,1H3. The Morgan fingerprint density at radius 2 is 2.30 bits per heavy atom. The molecule has 1 aromatic heterocycles. The van der Waals surface area contributed by atoms with Crippen LogP contribution in [0, 0.1) is 0 Å². The molecule has 2 heterocycles. The van der Waals surface area contributed by atoms with E-state index in [4.69, 9.17) is 5.84 Å². The van der Waals surface area contributed by atoms with Crippen molar-refractivity contribution in [3.63, 3.8) is 0 Å². The van der Waals surface area contributed by atoms with Gasteiger partial charge in [-0.1, -0.05) is 25.1 Å². The molecule has 0 amide bonds. The second kappa shape index (κ2) is 5.99. The van der Waals surface area contributed by atoms with E-state index in [0.717, 1.165) is 18.7 Å². The van der Waals surface area contributed by atoms with Gasteiger partial charge < -0.3 is 0 Å². The van der Waals surface area contributed by atoms with E-state index in [-0.39, 0.29) is 6.04 Å². The van der Waals surface area contributed by atoms with Gasteiger partial charge in [-0.15, -0.1) is 11.8 Å². The van der Waals surface area contributed by atoms with Crippen molar-refractivity contribution in [1.29, 1.82) is 0 Å². The first kappa shape index (κ1) is 13.7. The number of thioether (sulfide) groups is 1. The molecule has 0 aliphatic carbocycles. The molecule has 20 heavy (non-hydrogen) atoms. The van der Waals surface area contributed by atoms with Crippen LogP contribution in [0.1, 0.15) is 36.6 Å². The predicted molar refractivity (Wildman–Crippen MR) is 82.5 cm³/mol. The second-order valence-electron chi connectivity index (χ2n) is 5.08. The van der Waals surface area contributed by atoms with Gasteiger partial charge in [0.15, 0.2) is 0 Å². The first-order chi connectivity index (χ1) is 9.85. The number of nitrogens with zero attached hydrogens (tertiary/aromatic N) is 2. The maximum atomic E-state index is 5.87. The maximum absolute atomic E-state index is 5.87. The highest BCUT2D eigenvalue weighted by atomic mass is 32.2. The summed E-state index contributed by atoms with van der Waals surface area (Å²) in [6.07, 6.45) is 2.94. The van der Waals surface area contributed by atoms with Crippen LogP contribution >= 0.6 is 11.8 Å². The zero-order valence-corrected chi connectivity index (χ0v) is 12.4. The van der Waals surface area contributed by atoms with Crippen molar-refractivity contribution in [1.82, 2.24) is 15.2 Å².